The van der Waals surface area contributed by atoms with Crippen LogP contribution in [-0.2, 0) is 14.3 Å². The maximum absolute atomic E-state index is 14.5. The van der Waals surface area contributed by atoms with Crippen LogP contribution in [0.15, 0.2) is 0 Å². The largest absolute Gasteiger partial charge is 0.444 e. The smallest absolute Gasteiger partial charge is 0.410 e. The van der Waals surface area contributed by atoms with Gasteiger partial charge in [-0.05, 0) is 57.3 Å². The fourth-order valence-corrected chi connectivity index (χ4v) is 6.35. The number of aliphatic hydroxyl groups excluding tert-OH is 1. The van der Waals surface area contributed by atoms with E-state index in [1.54, 1.807) is 32.7 Å². The Kier molecular flexibility index (Phi) is 12.3. The fraction of sp³-hybridized carbons (Fsp3) is 0.871. The molecule has 0 aromatic carbocycles. The van der Waals surface area contributed by atoms with E-state index in [-0.39, 0.29) is 23.7 Å². The van der Waals surface area contributed by atoms with Crippen LogP contribution in [-0.4, -0.2) is 76.2 Å². The molecule has 2 N–H and O–H groups in total. The lowest BCUT2D eigenvalue weighted by Gasteiger charge is -2.43. The summed E-state index contributed by atoms with van der Waals surface area (Å²) >= 11 is 0. The summed E-state index contributed by atoms with van der Waals surface area (Å²) in [5, 5.41) is 22.8. The molecule has 40 heavy (non-hydrogen) atoms. The van der Waals surface area contributed by atoms with Gasteiger partial charge in [0.2, 0.25) is 11.8 Å². The second kappa shape index (κ2) is 14.5. The Morgan fingerprint density at radius 2 is 1.68 bits per heavy atom. The van der Waals surface area contributed by atoms with Crippen LogP contribution < -0.4 is 5.32 Å². The van der Waals surface area contributed by atoms with E-state index in [0.29, 0.717) is 19.4 Å². The molecule has 0 aromatic rings. The first kappa shape index (κ1) is 33.9. The Balaban J connectivity index is 2.53. The quantitative estimate of drug-likeness (QED) is 0.466. The maximum atomic E-state index is 14.5. The average molecular weight is 563 g/mol. The Morgan fingerprint density at radius 1 is 1.10 bits per heavy atom. The van der Waals surface area contributed by atoms with E-state index in [2.05, 4.69) is 5.32 Å². The Labute approximate surface area is 242 Å². The monoisotopic (exact) mass is 562 g/mol. The topological polar surface area (TPSA) is 123 Å². The van der Waals surface area contributed by atoms with Crippen molar-refractivity contribution in [3.8, 4) is 6.07 Å². The molecule has 3 amide bonds. The molecule has 0 saturated carbocycles. The number of hydrogen-bond acceptors (Lipinski definition) is 6. The first-order valence-electron chi connectivity index (χ1n) is 15.2. The zero-order valence-corrected chi connectivity index (χ0v) is 26.2. The van der Waals surface area contributed by atoms with E-state index in [0.717, 1.165) is 51.4 Å². The highest BCUT2D eigenvalue weighted by molar-refractivity contribution is 5.92. The molecule has 228 valence electrons. The number of aliphatic hydroxyl groups is 1. The van der Waals surface area contributed by atoms with Gasteiger partial charge in [0.05, 0.1) is 12.1 Å². The van der Waals surface area contributed by atoms with Crippen LogP contribution in [0.4, 0.5) is 4.79 Å². The van der Waals surface area contributed by atoms with Crippen molar-refractivity contribution in [2.75, 3.05) is 13.6 Å². The highest BCUT2D eigenvalue weighted by atomic mass is 16.6. The summed E-state index contributed by atoms with van der Waals surface area (Å²) < 4.78 is 5.67. The summed E-state index contributed by atoms with van der Waals surface area (Å²) in [6.45, 7) is 13.9. The second-order valence-electron chi connectivity index (χ2n) is 13.9. The predicted molar refractivity (Wildman–Crippen MR) is 155 cm³/mol. The molecule has 2 rings (SSSR count). The SMILES string of the molecule is CC(C)C1CCN2C(=O)[C@@H](N(C)C(=O)OC(C)(C)C)C(C)(C)CCCCCCCCC[C@@H](C(O)C#N)NC(=O)[C@H]12. The van der Waals surface area contributed by atoms with Gasteiger partial charge in [0.1, 0.15) is 17.7 Å². The van der Waals surface area contributed by atoms with Crippen LogP contribution in [0, 0.1) is 28.6 Å². The van der Waals surface area contributed by atoms with E-state index in [9.17, 15) is 24.8 Å². The third-order valence-electron chi connectivity index (χ3n) is 8.57. The lowest BCUT2D eigenvalue weighted by Crippen LogP contribution is -2.60. The summed E-state index contributed by atoms with van der Waals surface area (Å²) in [7, 11) is 1.62. The first-order valence-corrected chi connectivity index (χ1v) is 15.2. The Morgan fingerprint density at radius 3 is 2.23 bits per heavy atom. The second-order valence-corrected chi connectivity index (χ2v) is 13.9. The summed E-state index contributed by atoms with van der Waals surface area (Å²) in [4.78, 5) is 44.7. The molecule has 0 radical (unpaired) electrons. The van der Waals surface area contributed by atoms with Crippen LogP contribution in [0.5, 0.6) is 0 Å². The predicted octanol–water partition coefficient (Wildman–Crippen LogP) is 5.01. The first-order chi connectivity index (χ1) is 18.6. The third-order valence-corrected chi connectivity index (χ3v) is 8.57. The zero-order chi connectivity index (χ0) is 30.3. The van der Waals surface area contributed by atoms with Crippen LogP contribution >= 0.6 is 0 Å². The number of carbonyl (C=O) groups is 3. The number of likely N-dealkylation sites (N-methyl/N-ethyl adjacent to an activating group) is 1. The number of ether oxygens (including phenoxy) is 1. The van der Waals surface area contributed by atoms with Gasteiger partial charge in [-0.1, -0.05) is 72.6 Å². The van der Waals surface area contributed by atoms with Crippen molar-refractivity contribution >= 4 is 17.9 Å². The number of hydrogen-bond donors (Lipinski definition) is 2. The Bertz CT molecular complexity index is 906. The van der Waals surface area contributed by atoms with Gasteiger partial charge in [0, 0.05) is 13.6 Å². The van der Waals surface area contributed by atoms with Gasteiger partial charge >= 0.3 is 6.09 Å². The number of amides is 3. The summed E-state index contributed by atoms with van der Waals surface area (Å²) in [6, 6.07) is -0.382. The van der Waals surface area contributed by atoms with Crippen molar-refractivity contribution in [2.24, 2.45) is 17.3 Å². The molecule has 2 aliphatic rings. The molecule has 2 heterocycles. The Hall–Kier alpha value is -2.34. The molecular formula is C31H54N4O5. The fourth-order valence-electron chi connectivity index (χ4n) is 6.35. The van der Waals surface area contributed by atoms with E-state index < -0.39 is 41.3 Å². The molecule has 2 unspecified atom stereocenters. The van der Waals surface area contributed by atoms with Crippen LogP contribution in [0.3, 0.4) is 0 Å². The molecule has 2 aliphatic heterocycles. The average Bonchev–Trinajstić information content (AvgIpc) is 3.30. The maximum Gasteiger partial charge on any atom is 0.410 e. The van der Waals surface area contributed by atoms with Crippen LogP contribution in [0.1, 0.15) is 113 Å². The van der Waals surface area contributed by atoms with Crippen molar-refractivity contribution in [2.45, 2.75) is 143 Å². The zero-order valence-electron chi connectivity index (χ0n) is 26.2. The minimum absolute atomic E-state index is 0.0819. The van der Waals surface area contributed by atoms with E-state index in [4.69, 9.17) is 4.74 Å². The van der Waals surface area contributed by atoms with Crippen molar-refractivity contribution in [3.63, 3.8) is 0 Å². The minimum atomic E-state index is -1.32. The van der Waals surface area contributed by atoms with E-state index >= 15 is 0 Å². The highest BCUT2D eigenvalue weighted by Crippen LogP contribution is 2.37. The number of nitriles is 1. The van der Waals surface area contributed by atoms with E-state index in [1.807, 2.05) is 33.8 Å². The van der Waals surface area contributed by atoms with E-state index in [1.165, 1.54) is 4.90 Å². The molecule has 9 nitrogen and oxygen atoms in total. The number of nitrogens with zero attached hydrogens (tertiary/aromatic N) is 3. The molecule has 9 heteroatoms. The number of nitrogens with one attached hydrogen (secondary N) is 1. The highest BCUT2D eigenvalue weighted by Gasteiger charge is 2.50. The molecule has 0 bridgehead atoms. The molecule has 0 aromatic heterocycles. The minimum Gasteiger partial charge on any atom is -0.444 e. The van der Waals surface area contributed by atoms with Gasteiger partial charge in [0.15, 0.2) is 6.10 Å². The molecule has 2 saturated heterocycles. The van der Waals surface area contributed by atoms with Crippen molar-refractivity contribution in [1.29, 1.82) is 5.26 Å². The number of carbonyl (C=O) groups excluding carboxylic acids is 3. The summed E-state index contributed by atoms with van der Waals surface area (Å²) in [6.07, 6.45) is 7.02. The standard InChI is InChI=1S/C31H54N4O5/c1-21(2)22-17-19-35-25(22)27(37)33-23(24(36)20-32)16-14-12-10-9-11-13-15-18-31(6,7)26(28(35)38)34(8)29(39)40-30(3,4)5/h21-26,36H,9-19H2,1-8H3,(H,33,37)/t22?,23-,24?,25-,26+/m0/s1. The molecule has 5 atom stereocenters. The van der Waals surface area contributed by atoms with Gasteiger partial charge < -0.3 is 20.1 Å². The molecule has 0 aliphatic carbocycles. The van der Waals surface area contributed by atoms with Crippen molar-refractivity contribution in [3.05, 3.63) is 0 Å². The number of fused-ring (bicyclic) bond motifs is 1. The van der Waals surface area contributed by atoms with Gasteiger partial charge in [-0.3, -0.25) is 14.5 Å². The van der Waals surface area contributed by atoms with Gasteiger partial charge in [-0.15, -0.1) is 0 Å². The normalized spacial score (nSPS) is 28.2. The van der Waals surface area contributed by atoms with Crippen molar-refractivity contribution in [1.82, 2.24) is 15.1 Å². The summed E-state index contributed by atoms with van der Waals surface area (Å²) in [5.74, 6) is -0.549. The van der Waals surface area contributed by atoms with Gasteiger partial charge in [-0.2, -0.15) is 5.26 Å². The third kappa shape index (κ3) is 9.09. The molecule has 0 spiro atoms. The van der Waals surface area contributed by atoms with Gasteiger partial charge in [0.25, 0.3) is 0 Å². The molecular weight excluding hydrogens is 508 g/mol. The van der Waals surface area contributed by atoms with Crippen LogP contribution in [0.25, 0.3) is 0 Å². The molecule has 2 fully saturated rings. The van der Waals surface area contributed by atoms with Gasteiger partial charge in [-0.25, -0.2) is 4.79 Å². The van der Waals surface area contributed by atoms with Crippen LogP contribution in [0.2, 0.25) is 0 Å². The lowest BCUT2D eigenvalue weighted by molar-refractivity contribution is -0.147. The van der Waals surface area contributed by atoms with Crippen molar-refractivity contribution < 1.29 is 24.2 Å². The lowest BCUT2D eigenvalue weighted by atomic mass is 9.77. The number of rotatable bonds is 3. The summed E-state index contributed by atoms with van der Waals surface area (Å²) in [5.41, 5.74) is -1.28.